The van der Waals surface area contributed by atoms with Crippen LogP contribution in [0.2, 0.25) is 0 Å². The van der Waals surface area contributed by atoms with E-state index in [1.807, 2.05) is 0 Å². The summed E-state index contributed by atoms with van der Waals surface area (Å²) in [4.78, 5) is 30.4. The van der Waals surface area contributed by atoms with Gasteiger partial charge in [-0.25, -0.2) is 9.38 Å². The predicted molar refractivity (Wildman–Crippen MR) is 112 cm³/mol. The molecule has 5 nitrogen and oxygen atoms in total. The van der Waals surface area contributed by atoms with Crippen molar-refractivity contribution in [1.29, 1.82) is 0 Å². The van der Waals surface area contributed by atoms with Gasteiger partial charge in [0.1, 0.15) is 5.82 Å². The summed E-state index contributed by atoms with van der Waals surface area (Å²) in [6.07, 6.45) is -1.23. The van der Waals surface area contributed by atoms with Gasteiger partial charge in [-0.3, -0.25) is 9.59 Å². The van der Waals surface area contributed by atoms with E-state index in [1.165, 1.54) is 6.07 Å². The lowest BCUT2D eigenvalue weighted by Crippen LogP contribution is -2.42. The molecule has 1 aliphatic rings. The quantitative estimate of drug-likeness (QED) is 0.582. The van der Waals surface area contributed by atoms with Crippen molar-refractivity contribution in [2.45, 2.75) is 11.1 Å². The van der Waals surface area contributed by atoms with Crippen LogP contribution in [0, 0.1) is 5.82 Å². The zero-order chi connectivity index (χ0) is 20.4. The van der Waals surface area contributed by atoms with Crippen LogP contribution in [0.4, 0.5) is 10.1 Å². The van der Waals surface area contributed by atoms with Crippen LogP contribution in [0.5, 0.6) is 0 Å². The molecular weight excluding hydrogens is 389 g/mol. The first-order chi connectivity index (χ1) is 14.0. The SMILES string of the molecule is O=C(NC1N=C(c2ccccc2F)c2ccccc2NC1=O)c1cccc(S)c1. The van der Waals surface area contributed by atoms with E-state index in [9.17, 15) is 14.0 Å². The van der Waals surface area contributed by atoms with Crippen molar-refractivity contribution in [3.63, 3.8) is 0 Å². The minimum absolute atomic E-state index is 0.244. The molecule has 0 aromatic heterocycles. The standard InChI is InChI=1S/C22H16FN3O2S/c23-17-10-3-1-8-15(17)19-16-9-2-4-11-18(16)24-22(28)20(25-19)26-21(27)13-6-5-7-14(29)12-13/h1-12,20,29H,(H,24,28)(H,26,27). The Kier molecular flexibility index (Phi) is 5.14. The minimum Gasteiger partial charge on any atom is -0.322 e. The maximum Gasteiger partial charge on any atom is 0.269 e. The summed E-state index contributed by atoms with van der Waals surface area (Å²) < 4.78 is 14.5. The van der Waals surface area contributed by atoms with Crippen LogP contribution >= 0.6 is 12.6 Å². The summed E-state index contributed by atoms with van der Waals surface area (Å²) in [5.74, 6) is -1.47. The van der Waals surface area contributed by atoms with Crippen molar-refractivity contribution < 1.29 is 14.0 Å². The molecule has 1 unspecified atom stereocenters. The lowest BCUT2D eigenvalue weighted by atomic mass is 10.0. The lowest BCUT2D eigenvalue weighted by Gasteiger charge is -2.13. The minimum atomic E-state index is -1.23. The number of para-hydroxylation sites is 1. The van der Waals surface area contributed by atoms with E-state index in [0.29, 0.717) is 21.7 Å². The van der Waals surface area contributed by atoms with Crippen molar-refractivity contribution >= 4 is 35.8 Å². The van der Waals surface area contributed by atoms with Crippen molar-refractivity contribution in [2.24, 2.45) is 4.99 Å². The summed E-state index contributed by atoms with van der Waals surface area (Å²) >= 11 is 4.23. The largest absolute Gasteiger partial charge is 0.322 e. The zero-order valence-electron chi connectivity index (χ0n) is 15.1. The van der Waals surface area contributed by atoms with Gasteiger partial charge in [0.05, 0.1) is 11.4 Å². The fourth-order valence-electron chi connectivity index (χ4n) is 3.08. The van der Waals surface area contributed by atoms with Gasteiger partial charge in [-0.1, -0.05) is 36.4 Å². The number of hydrogen-bond donors (Lipinski definition) is 3. The first-order valence-corrected chi connectivity index (χ1v) is 9.30. The maximum atomic E-state index is 14.5. The second-order valence-corrected chi connectivity index (χ2v) is 6.94. The van der Waals surface area contributed by atoms with Crippen molar-refractivity contribution in [3.8, 4) is 0 Å². The van der Waals surface area contributed by atoms with Crippen LogP contribution in [0.1, 0.15) is 21.5 Å². The Morgan fingerprint density at radius 1 is 1.00 bits per heavy atom. The smallest absolute Gasteiger partial charge is 0.269 e. The maximum absolute atomic E-state index is 14.5. The molecule has 2 N–H and O–H groups in total. The number of amides is 2. The van der Waals surface area contributed by atoms with Crippen LogP contribution in [0.3, 0.4) is 0 Å². The number of nitrogens with one attached hydrogen (secondary N) is 2. The van der Waals surface area contributed by atoms with E-state index in [-0.39, 0.29) is 11.3 Å². The Labute approximate surface area is 172 Å². The fraction of sp³-hybridized carbons (Fsp3) is 0.0455. The molecule has 1 atom stereocenters. The number of halogens is 1. The molecule has 0 aliphatic carbocycles. The van der Waals surface area contributed by atoms with Gasteiger partial charge >= 0.3 is 0 Å². The molecule has 4 rings (SSSR count). The Balaban J connectivity index is 1.77. The van der Waals surface area contributed by atoms with Gasteiger partial charge in [-0.2, -0.15) is 0 Å². The third kappa shape index (κ3) is 3.90. The second-order valence-electron chi connectivity index (χ2n) is 6.42. The number of aliphatic imine (C=N–C) groups is 1. The number of hydrogen-bond acceptors (Lipinski definition) is 4. The predicted octanol–water partition coefficient (Wildman–Crippen LogP) is 3.66. The van der Waals surface area contributed by atoms with Gasteiger partial charge < -0.3 is 10.6 Å². The zero-order valence-corrected chi connectivity index (χ0v) is 16.0. The van der Waals surface area contributed by atoms with Gasteiger partial charge in [0.25, 0.3) is 11.8 Å². The molecule has 1 heterocycles. The van der Waals surface area contributed by atoms with E-state index >= 15 is 0 Å². The molecule has 144 valence electrons. The number of carbonyl (C=O) groups excluding carboxylic acids is 2. The molecule has 0 spiro atoms. The molecule has 7 heteroatoms. The lowest BCUT2D eigenvalue weighted by molar-refractivity contribution is -0.117. The molecule has 29 heavy (non-hydrogen) atoms. The molecule has 0 fully saturated rings. The van der Waals surface area contributed by atoms with Crippen LogP contribution < -0.4 is 10.6 Å². The molecule has 0 saturated heterocycles. The molecule has 3 aromatic carbocycles. The summed E-state index contributed by atoms with van der Waals surface area (Å²) in [7, 11) is 0. The number of thiol groups is 1. The van der Waals surface area contributed by atoms with Crippen molar-refractivity contribution in [2.75, 3.05) is 5.32 Å². The van der Waals surface area contributed by atoms with Gasteiger partial charge in [-0.05, 0) is 36.4 Å². The van der Waals surface area contributed by atoms with Gasteiger partial charge in [0.15, 0.2) is 0 Å². The number of fused-ring (bicyclic) bond motifs is 1. The number of anilines is 1. The molecular formula is C22H16FN3O2S. The third-order valence-electron chi connectivity index (χ3n) is 4.45. The van der Waals surface area contributed by atoms with Crippen molar-refractivity contribution in [1.82, 2.24) is 5.32 Å². The van der Waals surface area contributed by atoms with Gasteiger partial charge in [-0.15, -0.1) is 12.6 Å². The van der Waals surface area contributed by atoms with Crippen LogP contribution in [0.25, 0.3) is 0 Å². The van der Waals surface area contributed by atoms with E-state index < -0.39 is 23.8 Å². The summed E-state index contributed by atoms with van der Waals surface area (Å²) in [5.41, 5.74) is 1.93. The number of benzene rings is 3. The normalized spacial score (nSPS) is 15.6. The fourth-order valence-corrected chi connectivity index (χ4v) is 3.30. The molecule has 0 radical (unpaired) electrons. The number of rotatable bonds is 3. The molecule has 0 bridgehead atoms. The Bertz CT molecular complexity index is 1150. The van der Waals surface area contributed by atoms with Crippen LogP contribution in [-0.4, -0.2) is 23.7 Å². The van der Waals surface area contributed by atoms with E-state index in [4.69, 9.17) is 0 Å². The average Bonchev–Trinajstić information content (AvgIpc) is 2.85. The summed E-state index contributed by atoms with van der Waals surface area (Å²) in [6, 6.07) is 19.8. The van der Waals surface area contributed by atoms with E-state index in [2.05, 4.69) is 28.3 Å². The van der Waals surface area contributed by atoms with Crippen molar-refractivity contribution in [3.05, 3.63) is 95.3 Å². The highest BCUT2D eigenvalue weighted by Gasteiger charge is 2.28. The molecule has 2 amide bonds. The number of nitrogens with zero attached hydrogens (tertiary/aromatic N) is 1. The number of benzodiazepines with no additional fused rings is 1. The average molecular weight is 405 g/mol. The highest BCUT2D eigenvalue weighted by Crippen LogP contribution is 2.25. The highest BCUT2D eigenvalue weighted by atomic mass is 32.1. The Hall–Kier alpha value is -3.45. The molecule has 3 aromatic rings. The molecule has 0 saturated carbocycles. The number of carbonyl (C=O) groups is 2. The Morgan fingerprint density at radius 2 is 1.72 bits per heavy atom. The highest BCUT2D eigenvalue weighted by molar-refractivity contribution is 7.80. The second kappa shape index (κ2) is 7.89. The molecule has 1 aliphatic heterocycles. The van der Waals surface area contributed by atoms with Crippen LogP contribution in [0.15, 0.2) is 82.7 Å². The van der Waals surface area contributed by atoms with Gasteiger partial charge in [0.2, 0.25) is 6.17 Å². The monoisotopic (exact) mass is 405 g/mol. The first kappa shape index (κ1) is 18.9. The first-order valence-electron chi connectivity index (χ1n) is 8.86. The summed E-state index contributed by atoms with van der Waals surface area (Å²) in [6.45, 7) is 0. The Morgan fingerprint density at radius 3 is 2.48 bits per heavy atom. The van der Waals surface area contributed by atoms with Crippen LogP contribution in [-0.2, 0) is 4.79 Å². The summed E-state index contributed by atoms with van der Waals surface area (Å²) in [5, 5.41) is 5.37. The topological polar surface area (TPSA) is 70.6 Å². The third-order valence-corrected chi connectivity index (χ3v) is 4.73. The van der Waals surface area contributed by atoms with E-state index in [1.54, 1.807) is 66.7 Å². The van der Waals surface area contributed by atoms with Gasteiger partial charge in [0, 0.05) is 21.6 Å². The van der Waals surface area contributed by atoms with E-state index in [0.717, 1.165) is 0 Å².